The summed E-state index contributed by atoms with van der Waals surface area (Å²) < 4.78 is 5.33. The van der Waals surface area contributed by atoms with Gasteiger partial charge in [0.25, 0.3) is 0 Å². The number of hydrogen-bond donors (Lipinski definition) is 2. The average molecular weight is 298 g/mol. The van der Waals surface area contributed by atoms with Gasteiger partial charge in [0.05, 0.1) is 6.10 Å². The molecule has 1 aromatic carbocycles. The first-order valence-corrected chi connectivity index (χ1v) is 7.23. The Balaban J connectivity index is 1.77. The number of amides is 1. The van der Waals surface area contributed by atoms with Crippen molar-refractivity contribution in [2.75, 3.05) is 13.2 Å². The fourth-order valence-electron chi connectivity index (χ4n) is 2.29. The zero-order valence-electron chi connectivity index (χ0n) is 11.6. The molecule has 1 heterocycles. The minimum atomic E-state index is -0.944. The van der Waals surface area contributed by atoms with Gasteiger partial charge in [-0.2, -0.15) is 0 Å². The van der Waals surface area contributed by atoms with Crippen molar-refractivity contribution in [1.29, 1.82) is 0 Å². The molecule has 1 aromatic rings. The third-order valence-corrected chi connectivity index (χ3v) is 4.20. The molecule has 1 aliphatic heterocycles. The van der Waals surface area contributed by atoms with Crippen LogP contribution in [0.25, 0.3) is 0 Å². The summed E-state index contributed by atoms with van der Waals surface area (Å²) in [6, 6.07) is 7.49. The number of rotatable bonds is 5. The van der Waals surface area contributed by atoms with Crippen LogP contribution in [0.5, 0.6) is 0 Å². The van der Waals surface area contributed by atoms with Crippen molar-refractivity contribution < 1.29 is 14.6 Å². The van der Waals surface area contributed by atoms with E-state index >= 15 is 0 Å². The van der Waals surface area contributed by atoms with Crippen molar-refractivity contribution in [2.24, 2.45) is 0 Å². The molecule has 20 heavy (non-hydrogen) atoms. The summed E-state index contributed by atoms with van der Waals surface area (Å²) >= 11 is 6.04. The third-order valence-electron chi connectivity index (χ3n) is 3.83. The Morgan fingerprint density at radius 3 is 2.95 bits per heavy atom. The monoisotopic (exact) mass is 297 g/mol. The van der Waals surface area contributed by atoms with Crippen molar-refractivity contribution >= 4 is 17.5 Å². The Bertz CT molecular complexity index is 480. The quantitative estimate of drug-likeness (QED) is 0.873. The highest BCUT2D eigenvalue weighted by Crippen LogP contribution is 2.24. The lowest BCUT2D eigenvalue weighted by Crippen LogP contribution is -2.47. The smallest absolute Gasteiger partial charge is 0.220 e. The van der Waals surface area contributed by atoms with Crippen molar-refractivity contribution in [2.45, 2.75) is 37.9 Å². The van der Waals surface area contributed by atoms with Crippen molar-refractivity contribution in [3.8, 4) is 0 Å². The van der Waals surface area contributed by atoms with Crippen LogP contribution >= 0.6 is 11.6 Å². The molecule has 0 saturated carbocycles. The standard InChI is InChI=1S/C15H20ClNO3/c1-11-15(19,8-9-20-11)10-17-14(18)7-6-12-4-2-3-5-13(12)16/h2-5,11,19H,6-10H2,1H3,(H,17,18). The minimum absolute atomic E-state index is 0.0857. The van der Waals surface area contributed by atoms with E-state index in [0.717, 1.165) is 5.56 Å². The molecule has 0 radical (unpaired) electrons. The third kappa shape index (κ3) is 3.72. The Labute approximate surface area is 124 Å². The van der Waals surface area contributed by atoms with E-state index in [9.17, 15) is 9.90 Å². The number of halogens is 1. The van der Waals surface area contributed by atoms with Gasteiger partial charge in [0, 0.05) is 31.0 Å². The largest absolute Gasteiger partial charge is 0.385 e. The Hall–Kier alpha value is -1.10. The highest BCUT2D eigenvalue weighted by molar-refractivity contribution is 6.31. The first kappa shape index (κ1) is 15.3. The fraction of sp³-hybridized carbons (Fsp3) is 0.533. The second kappa shape index (κ2) is 6.57. The molecule has 2 rings (SSSR count). The van der Waals surface area contributed by atoms with E-state index in [1.165, 1.54) is 0 Å². The number of carbonyl (C=O) groups excluding carboxylic acids is 1. The summed E-state index contributed by atoms with van der Waals surface area (Å²) in [5.74, 6) is -0.0857. The molecule has 2 N–H and O–H groups in total. The lowest BCUT2D eigenvalue weighted by molar-refractivity contribution is -0.122. The van der Waals surface area contributed by atoms with Gasteiger partial charge in [0.15, 0.2) is 0 Å². The maximum atomic E-state index is 11.8. The van der Waals surface area contributed by atoms with E-state index in [2.05, 4.69) is 5.32 Å². The van der Waals surface area contributed by atoms with Crippen LogP contribution in [-0.4, -0.2) is 35.9 Å². The highest BCUT2D eigenvalue weighted by atomic mass is 35.5. The molecule has 1 fully saturated rings. The molecule has 0 aromatic heterocycles. The average Bonchev–Trinajstić information content (AvgIpc) is 2.76. The van der Waals surface area contributed by atoms with E-state index in [4.69, 9.17) is 16.3 Å². The van der Waals surface area contributed by atoms with E-state index in [1.807, 2.05) is 31.2 Å². The minimum Gasteiger partial charge on any atom is -0.385 e. The molecule has 1 aliphatic rings. The highest BCUT2D eigenvalue weighted by Gasteiger charge is 2.39. The van der Waals surface area contributed by atoms with Gasteiger partial charge in [0.2, 0.25) is 5.91 Å². The number of aliphatic hydroxyl groups is 1. The van der Waals surface area contributed by atoms with Crippen molar-refractivity contribution in [1.82, 2.24) is 5.32 Å². The predicted molar refractivity (Wildman–Crippen MR) is 77.8 cm³/mol. The van der Waals surface area contributed by atoms with Crippen LogP contribution in [-0.2, 0) is 16.0 Å². The van der Waals surface area contributed by atoms with Gasteiger partial charge >= 0.3 is 0 Å². The van der Waals surface area contributed by atoms with Crippen LogP contribution in [0.15, 0.2) is 24.3 Å². The summed E-state index contributed by atoms with van der Waals surface area (Å²) in [5, 5.41) is 13.7. The van der Waals surface area contributed by atoms with Gasteiger partial charge in [0.1, 0.15) is 5.60 Å². The summed E-state index contributed by atoms with van der Waals surface area (Å²) in [6.45, 7) is 2.59. The molecule has 5 heteroatoms. The van der Waals surface area contributed by atoms with Gasteiger partial charge in [-0.15, -0.1) is 0 Å². The molecule has 0 bridgehead atoms. The summed E-state index contributed by atoms with van der Waals surface area (Å²) in [5.41, 5.74) is 0.0145. The molecule has 0 aliphatic carbocycles. The Morgan fingerprint density at radius 2 is 2.30 bits per heavy atom. The zero-order valence-corrected chi connectivity index (χ0v) is 12.3. The number of benzene rings is 1. The second-order valence-electron chi connectivity index (χ2n) is 5.23. The van der Waals surface area contributed by atoms with E-state index in [-0.39, 0.29) is 18.6 Å². The maximum Gasteiger partial charge on any atom is 0.220 e. The Morgan fingerprint density at radius 1 is 1.55 bits per heavy atom. The molecular weight excluding hydrogens is 278 g/mol. The van der Waals surface area contributed by atoms with Crippen molar-refractivity contribution in [3.63, 3.8) is 0 Å². The Kier molecular flexibility index (Phi) is 5.02. The fourth-order valence-corrected chi connectivity index (χ4v) is 2.52. The summed E-state index contributed by atoms with van der Waals surface area (Å²) in [7, 11) is 0. The van der Waals surface area contributed by atoms with E-state index in [0.29, 0.717) is 30.9 Å². The molecule has 2 atom stereocenters. The van der Waals surface area contributed by atoms with Gasteiger partial charge in [-0.3, -0.25) is 4.79 Å². The van der Waals surface area contributed by atoms with Crippen molar-refractivity contribution in [3.05, 3.63) is 34.9 Å². The normalized spacial score (nSPS) is 25.6. The topological polar surface area (TPSA) is 58.6 Å². The SMILES string of the molecule is CC1OCCC1(O)CNC(=O)CCc1ccccc1Cl. The summed E-state index contributed by atoms with van der Waals surface area (Å²) in [6.07, 6.45) is 1.26. The number of hydrogen-bond acceptors (Lipinski definition) is 3. The molecule has 110 valence electrons. The van der Waals surface area contributed by atoms with Gasteiger partial charge < -0.3 is 15.2 Å². The number of carbonyl (C=O) groups is 1. The first-order chi connectivity index (χ1) is 9.51. The predicted octanol–water partition coefficient (Wildman–Crippen LogP) is 1.93. The first-order valence-electron chi connectivity index (χ1n) is 6.85. The molecular formula is C15H20ClNO3. The summed E-state index contributed by atoms with van der Waals surface area (Å²) in [4.78, 5) is 11.8. The number of aryl methyl sites for hydroxylation is 1. The lowest BCUT2D eigenvalue weighted by Gasteiger charge is -2.26. The van der Waals surface area contributed by atoms with E-state index in [1.54, 1.807) is 0 Å². The van der Waals surface area contributed by atoms with Crippen LogP contribution in [0, 0.1) is 0 Å². The van der Waals surface area contributed by atoms with Crippen LogP contribution < -0.4 is 5.32 Å². The molecule has 0 spiro atoms. The second-order valence-corrected chi connectivity index (χ2v) is 5.64. The van der Waals surface area contributed by atoms with Gasteiger partial charge in [-0.25, -0.2) is 0 Å². The number of nitrogens with one attached hydrogen (secondary N) is 1. The van der Waals surface area contributed by atoms with Crippen LogP contribution in [0.1, 0.15) is 25.3 Å². The van der Waals surface area contributed by atoms with E-state index < -0.39 is 5.60 Å². The molecule has 2 unspecified atom stereocenters. The molecule has 1 amide bonds. The van der Waals surface area contributed by atoms with Crippen LogP contribution in [0.2, 0.25) is 5.02 Å². The van der Waals surface area contributed by atoms with Gasteiger partial charge in [-0.05, 0) is 25.0 Å². The molecule has 1 saturated heterocycles. The lowest BCUT2D eigenvalue weighted by atomic mass is 9.96. The van der Waals surface area contributed by atoms with Crippen LogP contribution in [0.3, 0.4) is 0 Å². The zero-order chi connectivity index (χ0) is 14.6. The number of ether oxygens (including phenoxy) is 1. The molecule has 4 nitrogen and oxygen atoms in total. The maximum absolute atomic E-state index is 11.8. The van der Waals surface area contributed by atoms with Gasteiger partial charge in [-0.1, -0.05) is 29.8 Å². The van der Waals surface area contributed by atoms with Crippen LogP contribution in [0.4, 0.5) is 0 Å².